The minimum absolute atomic E-state index is 0.241. The smallest absolute Gasteiger partial charge is 0.313 e. The van der Waals surface area contributed by atoms with Crippen molar-refractivity contribution in [2.45, 2.75) is 65.7 Å². The Balaban J connectivity index is 3.47. The number of carbonyl (C=O) groups excluding carboxylic acids is 2. The lowest BCUT2D eigenvalue weighted by Crippen LogP contribution is -2.13. The van der Waals surface area contributed by atoms with Gasteiger partial charge in [0.2, 0.25) is 0 Å². The van der Waals surface area contributed by atoms with Crippen LogP contribution in [0.3, 0.4) is 0 Å². The molecule has 0 spiro atoms. The zero-order valence-corrected chi connectivity index (χ0v) is 10.8. The minimum atomic E-state index is -0.395. The van der Waals surface area contributed by atoms with Gasteiger partial charge >= 0.3 is 11.9 Å². The average Bonchev–Trinajstić information content (AvgIpc) is 2.15. The van der Waals surface area contributed by atoms with Crippen LogP contribution in [0.15, 0.2) is 0 Å². The maximum Gasteiger partial charge on any atom is 0.313 e. The van der Waals surface area contributed by atoms with Crippen LogP contribution in [0, 0.1) is 5.92 Å². The zero-order valence-electron chi connectivity index (χ0n) is 10.8. The molecule has 0 aliphatic rings. The second-order valence-electron chi connectivity index (χ2n) is 4.61. The van der Waals surface area contributed by atoms with E-state index < -0.39 is 5.97 Å². The van der Waals surface area contributed by atoms with Gasteiger partial charge in [-0.1, -0.05) is 46.5 Å². The molecule has 16 heavy (non-hydrogen) atoms. The van der Waals surface area contributed by atoms with Gasteiger partial charge in [-0.25, -0.2) is 0 Å². The van der Waals surface area contributed by atoms with Crippen molar-refractivity contribution in [3.63, 3.8) is 0 Å². The molecule has 0 unspecified atom stereocenters. The highest BCUT2D eigenvalue weighted by Gasteiger charge is 2.11. The van der Waals surface area contributed by atoms with E-state index in [2.05, 4.69) is 11.7 Å². The summed E-state index contributed by atoms with van der Waals surface area (Å²) in [6.07, 6.45) is 6.12. The highest BCUT2D eigenvalue weighted by Crippen LogP contribution is 2.07. The summed E-state index contributed by atoms with van der Waals surface area (Å²) in [4.78, 5) is 22.4. The van der Waals surface area contributed by atoms with Gasteiger partial charge in [0.15, 0.2) is 0 Å². The molecule has 0 saturated carbocycles. The lowest BCUT2D eigenvalue weighted by Gasteiger charge is -2.04. The summed E-state index contributed by atoms with van der Waals surface area (Å²) < 4.78 is 4.69. The van der Waals surface area contributed by atoms with Crippen LogP contribution in [0.25, 0.3) is 0 Å². The van der Waals surface area contributed by atoms with Crippen molar-refractivity contribution in [2.75, 3.05) is 0 Å². The highest BCUT2D eigenvalue weighted by molar-refractivity contribution is 5.85. The Bertz CT molecular complexity index is 209. The predicted molar refractivity (Wildman–Crippen MR) is 63.9 cm³/mol. The normalized spacial score (nSPS) is 10.5. The summed E-state index contributed by atoms with van der Waals surface area (Å²) in [5.41, 5.74) is 0. The molecule has 0 aliphatic heterocycles. The van der Waals surface area contributed by atoms with E-state index in [4.69, 9.17) is 0 Å². The maximum atomic E-state index is 11.2. The third-order valence-electron chi connectivity index (χ3n) is 2.29. The standard InChI is InChI=1S/C13H24O3/c1-4-5-6-7-8-9-12(14)16-13(15)10-11(2)3/h11H,4-10H2,1-3H3. The lowest BCUT2D eigenvalue weighted by molar-refractivity contribution is -0.160. The van der Waals surface area contributed by atoms with Crippen molar-refractivity contribution in [2.24, 2.45) is 5.92 Å². The number of carbonyl (C=O) groups is 2. The molecular formula is C13H24O3. The van der Waals surface area contributed by atoms with E-state index in [-0.39, 0.29) is 11.9 Å². The van der Waals surface area contributed by atoms with E-state index in [1.165, 1.54) is 12.8 Å². The van der Waals surface area contributed by atoms with Crippen molar-refractivity contribution in [1.29, 1.82) is 0 Å². The van der Waals surface area contributed by atoms with E-state index in [0.717, 1.165) is 19.3 Å². The van der Waals surface area contributed by atoms with Gasteiger partial charge in [-0.05, 0) is 12.3 Å². The van der Waals surface area contributed by atoms with E-state index in [0.29, 0.717) is 12.8 Å². The quantitative estimate of drug-likeness (QED) is 0.363. The fourth-order valence-electron chi connectivity index (χ4n) is 1.43. The summed E-state index contributed by atoms with van der Waals surface area (Å²) in [7, 11) is 0. The molecule has 0 aliphatic carbocycles. The third kappa shape index (κ3) is 9.69. The summed E-state index contributed by atoms with van der Waals surface area (Å²) in [5, 5.41) is 0. The van der Waals surface area contributed by atoms with Gasteiger partial charge in [-0.3, -0.25) is 9.59 Å². The highest BCUT2D eigenvalue weighted by atomic mass is 16.6. The van der Waals surface area contributed by atoms with Gasteiger partial charge in [-0.2, -0.15) is 0 Å². The van der Waals surface area contributed by atoms with E-state index in [1.807, 2.05) is 13.8 Å². The second kappa shape index (κ2) is 9.37. The first kappa shape index (κ1) is 15.1. The van der Waals surface area contributed by atoms with Gasteiger partial charge in [0.1, 0.15) is 0 Å². The summed E-state index contributed by atoms with van der Waals surface area (Å²) in [6, 6.07) is 0. The van der Waals surface area contributed by atoms with Gasteiger partial charge in [-0.15, -0.1) is 0 Å². The van der Waals surface area contributed by atoms with Crippen LogP contribution >= 0.6 is 0 Å². The van der Waals surface area contributed by atoms with Crippen molar-refractivity contribution >= 4 is 11.9 Å². The number of rotatable bonds is 8. The molecular weight excluding hydrogens is 204 g/mol. The van der Waals surface area contributed by atoms with E-state index >= 15 is 0 Å². The van der Waals surface area contributed by atoms with E-state index in [1.54, 1.807) is 0 Å². The SMILES string of the molecule is CCCCCCCC(=O)OC(=O)CC(C)C. The minimum Gasteiger partial charge on any atom is -0.393 e. The topological polar surface area (TPSA) is 43.4 Å². The van der Waals surface area contributed by atoms with Crippen LogP contribution in [-0.2, 0) is 14.3 Å². The van der Waals surface area contributed by atoms with Crippen LogP contribution in [-0.4, -0.2) is 11.9 Å². The maximum absolute atomic E-state index is 11.2. The van der Waals surface area contributed by atoms with Gasteiger partial charge in [0, 0.05) is 12.8 Å². The number of hydrogen-bond acceptors (Lipinski definition) is 3. The summed E-state index contributed by atoms with van der Waals surface area (Å²) >= 11 is 0. The fraction of sp³-hybridized carbons (Fsp3) is 0.846. The molecule has 0 radical (unpaired) electrons. The van der Waals surface area contributed by atoms with E-state index in [9.17, 15) is 9.59 Å². The third-order valence-corrected chi connectivity index (χ3v) is 2.29. The van der Waals surface area contributed by atoms with Crippen LogP contribution < -0.4 is 0 Å². The van der Waals surface area contributed by atoms with Crippen LogP contribution in [0.5, 0.6) is 0 Å². The van der Waals surface area contributed by atoms with Crippen molar-refractivity contribution in [3.05, 3.63) is 0 Å². The number of ether oxygens (including phenoxy) is 1. The Hall–Kier alpha value is -0.860. The van der Waals surface area contributed by atoms with Gasteiger partial charge in [0.25, 0.3) is 0 Å². The number of unbranched alkanes of at least 4 members (excludes halogenated alkanes) is 4. The first-order valence-electron chi connectivity index (χ1n) is 6.29. The second-order valence-corrected chi connectivity index (χ2v) is 4.61. The molecule has 0 aromatic carbocycles. The van der Waals surface area contributed by atoms with Crippen LogP contribution in [0.2, 0.25) is 0 Å². The molecule has 0 aromatic heterocycles. The monoisotopic (exact) mass is 228 g/mol. The van der Waals surface area contributed by atoms with Crippen molar-refractivity contribution < 1.29 is 14.3 Å². The first-order valence-corrected chi connectivity index (χ1v) is 6.29. The summed E-state index contributed by atoms with van der Waals surface area (Å²) in [6.45, 7) is 6.01. The largest absolute Gasteiger partial charge is 0.393 e. The molecule has 0 N–H and O–H groups in total. The fourth-order valence-corrected chi connectivity index (χ4v) is 1.43. The van der Waals surface area contributed by atoms with Crippen LogP contribution in [0.4, 0.5) is 0 Å². The molecule has 3 nitrogen and oxygen atoms in total. The molecule has 0 fully saturated rings. The molecule has 0 rings (SSSR count). The number of hydrogen-bond donors (Lipinski definition) is 0. The average molecular weight is 228 g/mol. The molecule has 0 atom stereocenters. The lowest BCUT2D eigenvalue weighted by atomic mass is 10.1. The van der Waals surface area contributed by atoms with Crippen molar-refractivity contribution in [1.82, 2.24) is 0 Å². The number of esters is 2. The summed E-state index contributed by atoms with van der Waals surface area (Å²) in [5.74, 6) is -0.527. The molecule has 0 saturated heterocycles. The van der Waals surface area contributed by atoms with Gasteiger partial charge < -0.3 is 4.74 Å². The molecule has 0 bridgehead atoms. The van der Waals surface area contributed by atoms with Crippen LogP contribution in [0.1, 0.15) is 65.7 Å². The molecule has 3 heteroatoms. The molecule has 0 aromatic rings. The van der Waals surface area contributed by atoms with Gasteiger partial charge in [0.05, 0.1) is 0 Å². The Morgan fingerprint density at radius 1 is 1.00 bits per heavy atom. The molecule has 0 heterocycles. The Labute approximate surface area is 98.6 Å². The Kier molecular flexibility index (Phi) is 8.87. The molecule has 94 valence electrons. The Morgan fingerprint density at radius 3 is 2.19 bits per heavy atom. The van der Waals surface area contributed by atoms with Crippen molar-refractivity contribution in [3.8, 4) is 0 Å². The first-order chi connectivity index (χ1) is 7.56. The Morgan fingerprint density at radius 2 is 1.62 bits per heavy atom. The predicted octanol–water partition coefficient (Wildman–Crippen LogP) is 3.46. The zero-order chi connectivity index (χ0) is 12.4. The molecule has 0 amide bonds.